The zero-order chi connectivity index (χ0) is 23.5. The van der Waals surface area contributed by atoms with Crippen LogP contribution >= 0.6 is 0 Å². The van der Waals surface area contributed by atoms with Gasteiger partial charge in [-0.15, -0.1) is 0 Å². The molecule has 2 aliphatic rings. The molecule has 6 nitrogen and oxygen atoms in total. The number of hydrogen-bond acceptors (Lipinski definition) is 6. The Morgan fingerprint density at radius 1 is 0.794 bits per heavy atom. The Morgan fingerprint density at radius 3 is 2.12 bits per heavy atom. The molecule has 3 aromatic carbocycles. The molecular formula is C28H32N6. The van der Waals surface area contributed by atoms with Gasteiger partial charge < -0.3 is 5.32 Å². The van der Waals surface area contributed by atoms with Gasteiger partial charge in [-0.1, -0.05) is 72.6 Å². The van der Waals surface area contributed by atoms with Crippen LogP contribution in [0.4, 0.5) is 11.4 Å². The first-order valence-electron chi connectivity index (χ1n) is 12.0. The summed E-state index contributed by atoms with van der Waals surface area (Å²) in [6.07, 6.45) is 0.790. The minimum absolute atomic E-state index is 0.300. The average molecular weight is 453 g/mol. The van der Waals surface area contributed by atoms with E-state index in [1.54, 1.807) is 0 Å². The molecule has 1 N–H and O–H groups in total. The van der Waals surface area contributed by atoms with Gasteiger partial charge in [-0.2, -0.15) is 0 Å². The summed E-state index contributed by atoms with van der Waals surface area (Å²) in [4.78, 5) is 17.2. The fraction of sp³-hybridized carbons (Fsp3) is 0.286. The van der Waals surface area contributed by atoms with Crippen molar-refractivity contribution in [3.8, 4) is 0 Å². The molecule has 1 atom stereocenters. The molecule has 0 bridgehead atoms. The number of aryl methyl sites for hydroxylation is 2. The summed E-state index contributed by atoms with van der Waals surface area (Å²) in [5.41, 5.74) is 5.72. The van der Waals surface area contributed by atoms with Crippen molar-refractivity contribution >= 4 is 23.3 Å². The van der Waals surface area contributed by atoms with Crippen molar-refractivity contribution in [2.75, 3.05) is 30.1 Å². The molecule has 3 aromatic rings. The van der Waals surface area contributed by atoms with Crippen LogP contribution < -0.4 is 10.2 Å². The third-order valence-electron chi connectivity index (χ3n) is 6.19. The first kappa shape index (κ1) is 22.2. The van der Waals surface area contributed by atoms with E-state index in [0.29, 0.717) is 0 Å². The Balaban J connectivity index is 1.57. The molecule has 0 aliphatic carbocycles. The quantitative estimate of drug-likeness (QED) is 0.548. The van der Waals surface area contributed by atoms with E-state index in [1.807, 2.05) is 18.2 Å². The summed E-state index contributed by atoms with van der Waals surface area (Å²) in [5, 5.41) is 3.59. The highest BCUT2D eigenvalue weighted by molar-refractivity contribution is 6.12. The van der Waals surface area contributed by atoms with E-state index in [9.17, 15) is 0 Å². The van der Waals surface area contributed by atoms with Gasteiger partial charge in [0.1, 0.15) is 0 Å². The van der Waals surface area contributed by atoms with Crippen LogP contribution in [-0.2, 0) is 0 Å². The Kier molecular flexibility index (Phi) is 6.32. The molecule has 0 amide bonds. The second kappa shape index (κ2) is 9.69. The van der Waals surface area contributed by atoms with Crippen molar-refractivity contribution in [1.29, 1.82) is 0 Å². The number of nitrogens with zero attached hydrogens (tertiary/aromatic N) is 5. The molecule has 0 unspecified atom stereocenters. The number of fused-ring (bicyclic) bond motifs is 1. The summed E-state index contributed by atoms with van der Waals surface area (Å²) in [6, 6.07) is 27.5. The SMILES string of the molecule is CCCN1CN2C(Nc3ccc(C)cc3)=N[C@@H](c3ccccc3)N=C2N(c2ccc(C)cc2)C1. The lowest BCUT2D eigenvalue weighted by molar-refractivity contribution is 0.203. The zero-order valence-corrected chi connectivity index (χ0v) is 20.1. The number of aliphatic imine (C=N–C) groups is 2. The molecular weight excluding hydrogens is 420 g/mol. The molecule has 2 aliphatic heterocycles. The van der Waals surface area contributed by atoms with Crippen molar-refractivity contribution in [3.63, 3.8) is 0 Å². The third kappa shape index (κ3) is 4.68. The Bertz CT molecular complexity index is 1170. The molecule has 0 saturated carbocycles. The number of anilines is 2. The zero-order valence-electron chi connectivity index (χ0n) is 20.1. The summed E-state index contributed by atoms with van der Waals surface area (Å²) < 4.78 is 0. The minimum Gasteiger partial charge on any atom is -0.326 e. The van der Waals surface area contributed by atoms with Crippen molar-refractivity contribution in [2.24, 2.45) is 9.98 Å². The summed E-state index contributed by atoms with van der Waals surface area (Å²) in [6.45, 7) is 8.99. The Morgan fingerprint density at radius 2 is 1.44 bits per heavy atom. The van der Waals surface area contributed by atoms with Gasteiger partial charge in [-0.3, -0.25) is 14.7 Å². The molecule has 174 valence electrons. The molecule has 0 aromatic heterocycles. The maximum Gasteiger partial charge on any atom is 0.212 e. The highest BCUT2D eigenvalue weighted by Gasteiger charge is 2.36. The Hall–Kier alpha value is -3.64. The fourth-order valence-electron chi connectivity index (χ4n) is 4.36. The van der Waals surface area contributed by atoms with Crippen LogP contribution in [0, 0.1) is 13.8 Å². The maximum atomic E-state index is 5.17. The van der Waals surface area contributed by atoms with Crippen LogP contribution in [0.25, 0.3) is 0 Å². The summed E-state index contributed by atoms with van der Waals surface area (Å²) in [7, 11) is 0. The van der Waals surface area contributed by atoms with Gasteiger partial charge in [-0.25, -0.2) is 9.98 Å². The van der Waals surface area contributed by atoms with Crippen molar-refractivity contribution < 1.29 is 0 Å². The van der Waals surface area contributed by atoms with Crippen LogP contribution in [0.3, 0.4) is 0 Å². The number of guanidine groups is 2. The smallest absolute Gasteiger partial charge is 0.212 e. The van der Waals surface area contributed by atoms with Crippen LogP contribution in [0.1, 0.15) is 36.2 Å². The van der Waals surface area contributed by atoms with Crippen molar-refractivity contribution in [3.05, 3.63) is 95.6 Å². The number of benzene rings is 3. The average Bonchev–Trinajstić information content (AvgIpc) is 2.86. The lowest BCUT2D eigenvalue weighted by Gasteiger charge is -2.46. The minimum atomic E-state index is -0.300. The monoisotopic (exact) mass is 452 g/mol. The van der Waals surface area contributed by atoms with E-state index in [0.717, 1.165) is 55.2 Å². The molecule has 1 fully saturated rings. The molecule has 0 radical (unpaired) electrons. The lowest BCUT2D eigenvalue weighted by Crippen LogP contribution is -2.63. The van der Waals surface area contributed by atoms with Gasteiger partial charge in [0.2, 0.25) is 11.9 Å². The first-order valence-corrected chi connectivity index (χ1v) is 12.0. The van der Waals surface area contributed by atoms with E-state index in [2.05, 4.69) is 101 Å². The summed E-state index contributed by atoms with van der Waals surface area (Å²) in [5.74, 6) is 1.75. The first-order chi connectivity index (χ1) is 16.6. The molecule has 0 spiro atoms. The molecule has 5 rings (SSSR count). The van der Waals surface area contributed by atoms with E-state index >= 15 is 0 Å². The highest BCUT2D eigenvalue weighted by atomic mass is 15.6. The van der Waals surface area contributed by atoms with Gasteiger partial charge >= 0.3 is 0 Å². The van der Waals surface area contributed by atoms with E-state index in [1.165, 1.54) is 11.1 Å². The van der Waals surface area contributed by atoms with Crippen LogP contribution in [0.15, 0.2) is 88.8 Å². The van der Waals surface area contributed by atoms with Gasteiger partial charge in [0, 0.05) is 17.9 Å². The number of rotatable bonds is 5. The predicted molar refractivity (Wildman–Crippen MR) is 141 cm³/mol. The lowest BCUT2D eigenvalue weighted by atomic mass is 10.1. The molecule has 1 saturated heterocycles. The number of hydrogen-bond donors (Lipinski definition) is 1. The van der Waals surface area contributed by atoms with E-state index in [4.69, 9.17) is 9.98 Å². The van der Waals surface area contributed by atoms with E-state index in [-0.39, 0.29) is 6.17 Å². The van der Waals surface area contributed by atoms with Gasteiger partial charge in [-0.05, 0) is 50.1 Å². The van der Waals surface area contributed by atoms with E-state index < -0.39 is 0 Å². The van der Waals surface area contributed by atoms with Gasteiger partial charge in [0.05, 0.1) is 13.3 Å². The van der Waals surface area contributed by atoms with Gasteiger partial charge in [0.25, 0.3) is 0 Å². The van der Waals surface area contributed by atoms with Crippen LogP contribution in [-0.4, -0.2) is 41.6 Å². The normalized spacial score (nSPS) is 18.3. The van der Waals surface area contributed by atoms with Crippen molar-refractivity contribution in [2.45, 2.75) is 33.4 Å². The summed E-state index contributed by atoms with van der Waals surface area (Å²) >= 11 is 0. The molecule has 6 heteroatoms. The van der Waals surface area contributed by atoms with Crippen LogP contribution in [0.2, 0.25) is 0 Å². The highest BCUT2D eigenvalue weighted by Crippen LogP contribution is 2.30. The van der Waals surface area contributed by atoms with Crippen molar-refractivity contribution in [1.82, 2.24) is 9.80 Å². The largest absolute Gasteiger partial charge is 0.326 e. The van der Waals surface area contributed by atoms with Gasteiger partial charge in [0.15, 0.2) is 6.17 Å². The Labute approximate surface area is 202 Å². The standard InChI is InChI=1S/C28H32N6/c1-4-18-32-19-33(25-16-12-22(3)13-17-25)28-31-26(23-8-6-5-7-9-23)30-27(34(28)20-32)29-24-14-10-21(2)11-15-24/h5-17,26H,4,18-20H2,1-3H3,(H,29,30)/t26-/m1/s1. The maximum absolute atomic E-state index is 5.17. The predicted octanol–water partition coefficient (Wildman–Crippen LogP) is 5.59. The second-order valence-corrected chi connectivity index (χ2v) is 9.03. The third-order valence-corrected chi connectivity index (χ3v) is 6.19. The molecule has 2 heterocycles. The fourth-order valence-corrected chi connectivity index (χ4v) is 4.36. The second-order valence-electron chi connectivity index (χ2n) is 9.03. The topological polar surface area (TPSA) is 46.5 Å². The number of nitrogens with one attached hydrogen (secondary N) is 1. The van der Waals surface area contributed by atoms with Crippen LogP contribution in [0.5, 0.6) is 0 Å². The molecule has 34 heavy (non-hydrogen) atoms.